The molecule has 4 fully saturated rings. The van der Waals surface area contributed by atoms with Gasteiger partial charge in [-0.2, -0.15) is 4.39 Å². The van der Waals surface area contributed by atoms with Gasteiger partial charge >= 0.3 is 5.69 Å². The lowest BCUT2D eigenvalue weighted by molar-refractivity contribution is -0.387. The number of ether oxygens (including phenoxy) is 4. The van der Waals surface area contributed by atoms with E-state index in [1.165, 1.54) is 61.9 Å². The van der Waals surface area contributed by atoms with Gasteiger partial charge in [-0.1, -0.05) is 95.1 Å². The van der Waals surface area contributed by atoms with Crippen LogP contribution in [0.1, 0.15) is 22.3 Å². The van der Waals surface area contributed by atoms with Crippen LogP contribution in [0.25, 0.3) is 0 Å². The minimum absolute atomic E-state index is 0. The smallest absolute Gasteiger partial charge is 0.304 e. The van der Waals surface area contributed by atoms with Crippen molar-refractivity contribution in [1.29, 1.82) is 0 Å². The molecule has 0 bridgehead atoms. The highest BCUT2D eigenvalue weighted by Gasteiger charge is 2.27. The van der Waals surface area contributed by atoms with E-state index < -0.39 is 36.5 Å². The number of aliphatic hydroxyl groups is 1. The van der Waals surface area contributed by atoms with Gasteiger partial charge in [0.25, 0.3) is 15.7 Å². The fourth-order valence-electron chi connectivity index (χ4n) is 12.1. The molecular formula is C80H106FN13O13S2. The van der Waals surface area contributed by atoms with Crippen LogP contribution in [0.2, 0.25) is 0 Å². The average Bonchev–Trinajstić information content (AvgIpc) is 0.801. The summed E-state index contributed by atoms with van der Waals surface area (Å²) in [6, 6.07) is 64.9. The minimum atomic E-state index is -3.93. The molecule has 29 heteroatoms. The summed E-state index contributed by atoms with van der Waals surface area (Å²) in [5, 5.41) is 31.5. The number of piperazine rings is 4. The van der Waals surface area contributed by atoms with Crippen LogP contribution < -0.4 is 69.0 Å². The molecule has 4 heterocycles. The summed E-state index contributed by atoms with van der Waals surface area (Å²) in [6.45, 7) is 14.3. The molecule has 0 amide bonds. The number of aliphatic hydroxyl groups excluding tert-OH is 1. The summed E-state index contributed by atoms with van der Waals surface area (Å²) in [5.41, 5.74) is 14.4. The lowest BCUT2D eigenvalue weighted by Gasteiger charge is -2.38. The molecule has 0 saturated carbocycles. The first-order valence-electron chi connectivity index (χ1n) is 34.3. The fraction of sp³-hybridized carbons (Fsp3) is 0.325. The molecule has 0 atom stereocenters. The largest absolute Gasteiger partial charge is 0.497 e. The van der Waals surface area contributed by atoms with Crippen molar-refractivity contribution in [3.05, 3.63) is 244 Å². The number of nitro benzene ring substituents is 2. The number of hydrogen-bond acceptors (Lipinski definition) is 22. The number of rotatable bonds is 18. The van der Waals surface area contributed by atoms with E-state index in [-0.39, 0.29) is 42.7 Å². The second kappa shape index (κ2) is 43.6. The predicted octanol–water partition coefficient (Wildman–Crippen LogP) is 13.0. The number of nitro groups is 2. The SMILES string of the molecule is C.C.C.CO.COc1cccc(N2CCN(c3ccccc3N)CC2)c1.COc1cccc(N2CCN(c3ccccc3NS(=O)(=O)c3ccc(S(=O)(=O)N(C)C)cc3)CC2)c1.COc1cccc(N2CCN(c3ccccc3[N+](=O)[O-])CC2)c1.COc1cccc(N2CCNCC2)c1.O=[N+]([O-])c1ccccc1F. The summed E-state index contributed by atoms with van der Waals surface area (Å²) in [6.07, 6.45) is 0. The van der Waals surface area contributed by atoms with E-state index in [0.717, 1.165) is 167 Å². The van der Waals surface area contributed by atoms with Crippen molar-refractivity contribution < 1.29 is 55.1 Å². The van der Waals surface area contributed by atoms with E-state index in [4.69, 9.17) is 29.8 Å². The standard InChI is InChI=1S/C25H30N4O5S2.C17H19N3O3.C17H21N3O.C11H16N2O.C6H4FNO2.CH4O.3CH4/c1-27(2)36(32,33)23-13-11-22(12-14-23)35(30,31)26-24-9-4-5-10-25(24)29-17-15-28(16-18-29)20-7-6-8-21(19-20)34-3;1-23-15-6-4-5-14(13-15)18-9-11-19(12-10-18)16-7-2-3-8-17(16)20(21)22;1-21-15-6-4-5-14(13-15)19-9-11-20(12-10-19)17-8-3-2-7-16(17)18;1-14-11-4-2-3-10(9-11)13-7-5-12-6-8-13;7-5-3-1-2-4-6(5)8(9)10;1-2;;;/h4-14,19,26H,15-18H2,1-3H3;2-8,13H,9-12H2,1H3;2-8,13H,9-12,18H2,1H3;2-4,9,12H,5-8H2,1H3;1-4H;2H,1H3;3*1H4. The molecule has 0 aliphatic carbocycles. The first-order valence-corrected chi connectivity index (χ1v) is 37.2. The number of para-hydroxylation sites is 7. The number of nitrogens with zero attached hydrogens (tertiary/aromatic N) is 10. The molecule has 9 aromatic carbocycles. The molecule has 4 aliphatic rings. The third-order valence-electron chi connectivity index (χ3n) is 17.8. The Kier molecular flexibility index (Phi) is 35.4. The monoisotopic (exact) mass is 1540 g/mol. The van der Waals surface area contributed by atoms with E-state index in [1.807, 2.05) is 103 Å². The van der Waals surface area contributed by atoms with Gasteiger partial charge in [0.1, 0.15) is 28.7 Å². The number of sulfonamides is 2. The summed E-state index contributed by atoms with van der Waals surface area (Å²) < 4.78 is 88.1. The number of benzene rings is 9. The van der Waals surface area contributed by atoms with Crippen LogP contribution in [0.5, 0.6) is 23.0 Å². The second-order valence-corrected chi connectivity index (χ2v) is 28.2. The van der Waals surface area contributed by atoms with Gasteiger partial charge in [-0.25, -0.2) is 21.1 Å². The van der Waals surface area contributed by atoms with Crippen LogP contribution in [0, 0.1) is 26.0 Å². The molecule has 0 spiro atoms. The Morgan fingerprint density at radius 1 is 0.422 bits per heavy atom. The predicted molar refractivity (Wildman–Crippen MR) is 440 cm³/mol. The van der Waals surface area contributed by atoms with E-state index in [9.17, 15) is 41.5 Å². The third-order valence-corrected chi connectivity index (χ3v) is 21.0. The Labute approximate surface area is 642 Å². The highest BCUT2D eigenvalue weighted by molar-refractivity contribution is 7.92. The van der Waals surface area contributed by atoms with E-state index >= 15 is 0 Å². The van der Waals surface area contributed by atoms with E-state index in [2.05, 4.69) is 86.8 Å². The Balaban J connectivity index is 0.000000255. The zero-order valence-corrected chi connectivity index (χ0v) is 62.3. The molecule has 588 valence electrons. The number of halogens is 1. The topological polar surface area (TPSA) is 288 Å². The van der Waals surface area contributed by atoms with Crippen molar-refractivity contribution in [2.75, 3.05) is 199 Å². The maximum atomic E-state index is 13.1. The van der Waals surface area contributed by atoms with Crippen LogP contribution in [0.15, 0.2) is 228 Å². The van der Waals surface area contributed by atoms with Crippen molar-refractivity contribution in [3.63, 3.8) is 0 Å². The minimum Gasteiger partial charge on any atom is -0.497 e. The van der Waals surface area contributed by atoms with Crippen molar-refractivity contribution in [2.45, 2.75) is 32.1 Å². The average molecular weight is 1540 g/mol. The van der Waals surface area contributed by atoms with Gasteiger partial charge in [0, 0.05) is 185 Å². The second-order valence-electron chi connectivity index (χ2n) is 24.4. The lowest BCUT2D eigenvalue weighted by atomic mass is 10.2. The Morgan fingerprint density at radius 2 is 0.743 bits per heavy atom. The number of hydrogen-bond donors (Lipinski definition) is 4. The maximum absolute atomic E-state index is 13.1. The molecule has 109 heavy (non-hydrogen) atoms. The van der Waals surface area contributed by atoms with Gasteiger partial charge in [-0.3, -0.25) is 25.0 Å². The first-order chi connectivity index (χ1) is 51.2. The van der Waals surface area contributed by atoms with Gasteiger partial charge in [0.15, 0.2) is 0 Å². The highest BCUT2D eigenvalue weighted by atomic mass is 32.2. The summed E-state index contributed by atoms with van der Waals surface area (Å²) in [4.78, 5) is 36.0. The van der Waals surface area contributed by atoms with Crippen molar-refractivity contribution >= 4 is 82.6 Å². The van der Waals surface area contributed by atoms with Crippen molar-refractivity contribution in [2.24, 2.45) is 0 Å². The Hall–Kier alpha value is -11.1. The zero-order valence-electron chi connectivity index (χ0n) is 60.7. The number of nitrogens with two attached hydrogens (primary N) is 1. The summed E-state index contributed by atoms with van der Waals surface area (Å²) >= 11 is 0. The van der Waals surface area contributed by atoms with E-state index in [0.29, 0.717) is 24.5 Å². The van der Waals surface area contributed by atoms with Crippen LogP contribution in [0.4, 0.5) is 67.0 Å². The molecule has 9 aromatic rings. The Morgan fingerprint density at radius 3 is 1.12 bits per heavy atom. The first kappa shape index (κ1) is 88.5. The molecule has 26 nitrogen and oxygen atoms in total. The van der Waals surface area contributed by atoms with Crippen molar-refractivity contribution in [1.82, 2.24) is 9.62 Å². The van der Waals surface area contributed by atoms with Gasteiger partial charge in [-0.05, 0) is 109 Å². The number of anilines is 9. The fourth-order valence-corrected chi connectivity index (χ4v) is 14.0. The molecule has 0 radical (unpaired) electrons. The zero-order chi connectivity index (χ0) is 76.2. The molecule has 4 saturated heterocycles. The highest BCUT2D eigenvalue weighted by Crippen LogP contribution is 2.34. The van der Waals surface area contributed by atoms with Gasteiger partial charge in [0.2, 0.25) is 15.8 Å². The normalized spacial score (nSPS) is 13.9. The van der Waals surface area contributed by atoms with Gasteiger partial charge in [0.05, 0.1) is 70.8 Å². The van der Waals surface area contributed by atoms with Crippen LogP contribution in [0.3, 0.4) is 0 Å². The maximum Gasteiger partial charge on any atom is 0.304 e. The molecular weight excluding hydrogens is 1430 g/mol. The Bertz CT molecular complexity index is 4500. The molecule has 5 N–H and O–H groups in total. The lowest BCUT2D eigenvalue weighted by Crippen LogP contribution is -2.46. The third kappa shape index (κ3) is 24.7. The molecule has 0 aromatic heterocycles. The van der Waals surface area contributed by atoms with Crippen molar-refractivity contribution in [3.8, 4) is 23.0 Å². The van der Waals surface area contributed by atoms with Crippen LogP contribution >= 0.6 is 0 Å². The number of nitrogen functional groups attached to an aromatic ring is 1. The summed E-state index contributed by atoms with van der Waals surface area (Å²) in [7, 11) is 2.99. The number of methoxy groups -OCH3 is 4. The molecule has 0 unspecified atom stereocenters. The quantitative estimate of drug-likeness (QED) is 0.0353. The van der Waals surface area contributed by atoms with Crippen LogP contribution in [-0.4, -0.2) is 190 Å². The summed E-state index contributed by atoms with van der Waals surface area (Å²) in [5.74, 6) is 2.68. The molecule has 13 rings (SSSR count). The van der Waals surface area contributed by atoms with Gasteiger partial charge in [-0.15, -0.1) is 0 Å². The number of nitrogens with one attached hydrogen (secondary N) is 2. The van der Waals surface area contributed by atoms with Gasteiger partial charge < -0.3 is 69.4 Å². The van der Waals surface area contributed by atoms with Crippen LogP contribution in [-0.2, 0) is 20.0 Å². The van der Waals surface area contributed by atoms with E-state index in [1.54, 1.807) is 52.7 Å². The molecule has 4 aliphatic heterocycles.